The van der Waals surface area contributed by atoms with Gasteiger partial charge in [-0.25, -0.2) is 0 Å². The first-order chi connectivity index (χ1) is 14.0. The lowest BCUT2D eigenvalue weighted by molar-refractivity contribution is -0.156. The number of esters is 2. The van der Waals surface area contributed by atoms with E-state index in [2.05, 4.69) is 0 Å². The van der Waals surface area contributed by atoms with E-state index in [4.69, 9.17) is 21.1 Å². The molecule has 1 heterocycles. The first-order valence-corrected chi connectivity index (χ1v) is 9.59. The molecule has 0 N–H and O–H groups in total. The third-order valence-electron chi connectivity index (χ3n) is 4.39. The van der Waals surface area contributed by atoms with Crippen molar-refractivity contribution < 1.29 is 23.9 Å². The molecule has 0 unspecified atom stereocenters. The molecule has 6 nitrogen and oxygen atoms in total. The van der Waals surface area contributed by atoms with Crippen LogP contribution in [0.4, 0.5) is 0 Å². The summed E-state index contributed by atoms with van der Waals surface area (Å²) in [5.41, 5.74) is 1.28. The number of ether oxygens (including phenoxy) is 2. The van der Waals surface area contributed by atoms with Gasteiger partial charge in [-0.15, -0.1) is 0 Å². The van der Waals surface area contributed by atoms with Crippen LogP contribution < -0.4 is 0 Å². The lowest BCUT2D eigenvalue weighted by Crippen LogP contribution is -2.26. The van der Waals surface area contributed by atoms with Gasteiger partial charge in [-0.1, -0.05) is 35.9 Å². The summed E-state index contributed by atoms with van der Waals surface area (Å²) >= 11 is 6.15. The Kier molecular flexibility index (Phi) is 6.34. The maximum atomic E-state index is 13.1. The van der Waals surface area contributed by atoms with E-state index >= 15 is 0 Å². The standard InChI is InChI=1S/C22H20ClNO5/c1-3-28-21(26)19(22(27)29-4-2)17-13-24(18-12-15(23)10-11-16(17)18)20(25)14-8-6-5-7-9-14/h5-13,19H,3-4H2,1-2H3. The highest BCUT2D eigenvalue weighted by molar-refractivity contribution is 6.31. The number of benzene rings is 2. The molecule has 3 aromatic rings. The molecule has 0 saturated heterocycles. The van der Waals surface area contributed by atoms with E-state index in [0.29, 0.717) is 27.1 Å². The third kappa shape index (κ3) is 4.17. The molecule has 0 fully saturated rings. The molecule has 0 spiro atoms. The summed E-state index contributed by atoms with van der Waals surface area (Å²) in [7, 11) is 0. The van der Waals surface area contributed by atoms with E-state index in [1.807, 2.05) is 6.07 Å². The summed E-state index contributed by atoms with van der Waals surface area (Å²) in [4.78, 5) is 38.2. The molecule has 0 radical (unpaired) electrons. The zero-order valence-electron chi connectivity index (χ0n) is 16.1. The van der Waals surface area contributed by atoms with Crippen LogP contribution in [0.3, 0.4) is 0 Å². The lowest BCUT2D eigenvalue weighted by Gasteiger charge is -2.13. The van der Waals surface area contributed by atoms with Crippen molar-refractivity contribution in [3.05, 3.63) is 70.9 Å². The van der Waals surface area contributed by atoms with Crippen LogP contribution in [0.2, 0.25) is 5.02 Å². The second kappa shape index (κ2) is 8.92. The zero-order valence-corrected chi connectivity index (χ0v) is 16.8. The van der Waals surface area contributed by atoms with Crippen molar-refractivity contribution in [1.29, 1.82) is 0 Å². The van der Waals surface area contributed by atoms with E-state index in [0.717, 1.165) is 0 Å². The summed E-state index contributed by atoms with van der Waals surface area (Å²) in [6.07, 6.45) is 1.48. The predicted molar refractivity (Wildman–Crippen MR) is 109 cm³/mol. The van der Waals surface area contributed by atoms with Crippen LogP contribution in [0.5, 0.6) is 0 Å². The van der Waals surface area contributed by atoms with Gasteiger partial charge >= 0.3 is 11.9 Å². The highest BCUT2D eigenvalue weighted by Crippen LogP contribution is 2.32. The van der Waals surface area contributed by atoms with Gasteiger partial charge in [0.25, 0.3) is 5.91 Å². The Balaban J connectivity index is 2.20. The van der Waals surface area contributed by atoms with Gasteiger partial charge in [-0.3, -0.25) is 19.0 Å². The molecule has 0 atom stereocenters. The van der Waals surface area contributed by atoms with Gasteiger partial charge in [0.1, 0.15) is 0 Å². The van der Waals surface area contributed by atoms with Crippen LogP contribution in [0.1, 0.15) is 35.7 Å². The molecule has 0 bridgehead atoms. The maximum Gasteiger partial charge on any atom is 0.324 e. The summed E-state index contributed by atoms with van der Waals surface area (Å²) in [6, 6.07) is 13.6. The molecule has 2 aromatic carbocycles. The van der Waals surface area contributed by atoms with Gasteiger partial charge < -0.3 is 9.47 Å². The first-order valence-electron chi connectivity index (χ1n) is 9.21. The number of carbonyl (C=O) groups is 3. The highest BCUT2D eigenvalue weighted by Gasteiger charge is 2.35. The minimum absolute atomic E-state index is 0.113. The topological polar surface area (TPSA) is 74.6 Å². The van der Waals surface area contributed by atoms with Crippen molar-refractivity contribution in [3.8, 4) is 0 Å². The van der Waals surface area contributed by atoms with Gasteiger partial charge in [-0.05, 0) is 38.1 Å². The van der Waals surface area contributed by atoms with Crippen molar-refractivity contribution in [3.63, 3.8) is 0 Å². The smallest absolute Gasteiger partial charge is 0.324 e. The molecule has 150 valence electrons. The molecular weight excluding hydrogens is 394 g/mol. The largest absolute Gasteiger partial charge is 0.465 e. The number of carbonyl (C=O) groups excluding carboxylic acids is 3. The van der Waals surface area contributed by atoms with Crippen LogP contribution in [-0.2, 0) is 19.1 Å². The Labute approximate surface area is 173 Å². The molecule has 0 aliphatic heterocycles. The van der Waals surface area contributed by atoms with E-state index in [1.165, 1.54) is 10.8 Å². The number of hydrogen-bond acceptors (Lipinski definition) is 5. The van der Waals surface area contributed by atoms with Crippen molar-refractivity contribution in [1.82, 2.24) is 4.57 Å². The predicted octanol–water partition coefficient (Wildman–Crippen LogP) is 4.19. The number of hydrogen-bond donors (Lipinski definition) is 0. The summed E-state index contributed by atoms with van der Waals surface area (Å²) < 4.78 is 11.6. The molecule has 1 aromatic heterocycles. The molecule has 0 aliphatic rings. The molecule has 3 rings (SSSR count). The van der Waals surface area contributed by atoms with E-state index in [1.54, 1.807) is 56.3 Å². The Morgan fingerprint density at radius 3 is 2.17 bits per heavy atom. The third-order valence-corrected chi connectivity index (χ3v) is 4.63. The fraction of sp³-hybridized carbons (Fsp3) is 0.227. The molecular formula is C22H20ClNO5. The van der Waals surface area contributed by atoms with Gasteiger partial charge in [0.05, 0.1) is 18.7 Å². The molecule has 7 heteroatoms. The second-order valence-electron chi connectivity index (χ2n) is 6.22. The summed E-state index contributed by atoms with van der Waals surface area (Å²) in [6.45, 7) is 3.54. The Hall–Kier alpha value is -3.12. The van der Waals surface area contributed by atoms with Crippen molar-refractivity contribution in [2.24, 2.45) is 0 Å². The van der Waals surface area contributed by atoms with E-state index in [-0.39, 0.29) is 19.1 Å². The second-order valence-corrected chi connectivity index (χ2v) is 6.66. The van der Waals surface area contributed by atoms with Gasteiger partial charge in [0.2, 0.25) is 0 Å². The van der Waals surface area contributed by atoms with Crippen LogP contribution in [0.25, 0.3) is 10.9 Å². The zero-order chi connectivity index (χ0) is 21.0. The Morgan fingerprint density at radius 2 is 1.59 bits per heavy atom. The van der Waals surface area contributed by atoms with Gasteiger partial charge in [0, 0.05) is 27.7 Å². The number of fused-ring (bicyclic) bond motifs is 1. The average molecular weight is 414 g/mol. The average Bonchev–Trinajstić information content (AvgIpc) is 3.07. The molecule has 0 saturated carbocycles. The van der Waals surface area contributed by atoms with E-state index in [9.17, 15) is 14.4 Å². The Bertz CT molecular complexity index is 1040. The summed E-state index contributed by atoms with van der Waals surface area (Å²) in [5, 5.41) is 0.970. The molecule has 0 amide bonds. The first kappa shape index (κ1) is 20.6. The number of halogens is 1. The number of rotatable bonds is 6. The fourth-order valence-electron chi connectivity index (χ4n) is 3.15. The van der Waals surface area contributed by atoms with Gasteiger partial charge in [-0.2, -0.15) is 0 Å². The normalized spacial score (nSPS) is 10.9. The lowest BCUT2D eigenvalue weighted by atomic mass is 9.98. The quantitative estimate of drug-likeness (QED) is 0.447. The monoisotopic (exact) mass is 413 g/mol. The van der Waals surface area contributed by atoms with Crippen LogP contribution in [0, 0.1) is 0 Å². The number of aromatic nitrogens is 1. The fourth-order valence-corrected chi connectivity index (χ4v) is 3.31. The van der Waals surface area contributed by atoms with Crippen LogP contribution in [0.15, 0.2) is 54.7 Å². The van der Waals surface area contributed by atoms with Crippen LogP contribution in [-0.4, -0.2) is 35.6 Å². The van der Waals surface area contributed by atoms with Crippen molar-refractivity contribution in [2.45, 2.75) is 19.8 Å². The maximum absolute atomic E-state index is 13.1. The van der Waals surface area contributed by atoms with Crippen molar-refractivity contribution in [2.75, 3.05) is 13.2 Å². The Morgan fingerprint density at radius 1 is 0.966 bits per heavy atom. The van der Waals surface area contributed by atoms with Crippen molar-refractivity contribution >= 4 is 40.3 Å². The number of nitrogens with zero attached hydrogens (tertiary/aromatic N) is 1. The summed E-state index contributed by atoms with van der Waals surface area (Å²) in [5.74, 6) is -3.07. The highest BCUT2D eigenvalue weighted by atomic mass is 35.5. The minimum atomic E-state index is -1.30. The van der Waals surface area contributed by atoms with Gasteiger partial charge in [0.15, 0.2) is 5.92 Å². The minimum Gasteiger partial charge on any atom is -0.465 e. The molecule has 29 heavy (non-hydrogen) atoms. The molecule has 0 aliphatic carbocycles. The SMILES string of the molecule is CCOC(=O)C(C(=O)OCC)c1cn(C(=O)c2ccccc2)c2cc(Cl)ccc12. The van der Waals surface area contributed by atoms with Crippen LogP contribution >= 0.6 is 11.6 Å². The van der Waals surface area contributed by atoms with E-state index < -0.39 is 17.9 Å².